The summed E-state index contributed by atoms with van der Waals surface area (Å²) in [7, 11) is 0.512. The van der Waals surface area contributed by atoms with Crippen molar-refractivity contribution in [3.05, 3.63) is 18.0 Å². The lowest BCUT2D eigenvalue weighted by molar-refractivity contribution is 0.134. The van der Waals surface area contributed by atoms with E-state index in [1.807, 2.05) is 5.82 Å². The van der Waals surface area contributed by atoms with E-state index in [2.05, 4.69) is 11.9 Å². The van der Waals surface area contributed by atoms with Crippen molar-refractivity contribution >= 4 is 7.85 Å². The molecule has 0 radical (unpaired) electrons. The summed E-state index contributed by atoms with van der Waals surface area (Å²) in [4.78, 5) is 0. The lowest BCUT2D eigenvalue weighted by Crippen LogP contribution is -2.38. The SMILES string of the molecule is [BH3-][C+]1CCC2C(C1)NCC21CCC(=C)CC1. The van der Waals surface area contributed by atoms with Gasteiger partial charge in [-0.2, -0.15) is 0 Å². The van der Waals surface area contributed by atoms with Crippen LogP contribution in [0, 0.1) is 17.2 Å². The van der Waals surface area contributed by atoms with Gasteiger partial charge in [0.05, 0.1) is 6.42 Å². The first kappa shape index (κ1) is 10.8. The summed E-state index contributed by atoms with van der Waals surface area (Å²) in [6.45, 7) is 5.48. The van der Waals surface area contributed by atoms with E-state index in [0.29, 0.717) is 13.3 Å². The van der Waals surface area contributed by atoms with Gasteiger partial charge in [0.25, 0.3) is 0 Å². The molecule has 1 saturated heterocycles. The third-order valence-electron chi connectivity index (χ3n) is 4.94. The van der Waals surface area contributed by atoms with Crippen molar-refractivity contribution in [3.8, 4) is 0 Å². The Bertz CT molecular complexity index is 289. The molecular formula is C14H24BN. The summed E-state index contributed by atoms with van der Waals surface area (Å²) < 4.78 is 0. The molecule has 1 heterocycles. The van der Waals surface area contributed by atoms with Crippen LogP contribution in [0.3, 0.4) is 0 Å². The third kappa shape index (κ3) is 1.62. The van der Waals surface area contributed by atoms with Gasteiger partial charge in [-0.15, -0.1) is 5.82 Å². The highest BCUT2D eigenvalue weighted by atomic mass is 15.0. The molecule has 1 spiro atoms. The second-order valence-electron chi connectivity index (χ2n) is 5.70. The number of allylic oxidation sites excluding steroid dienone is 1. The van der Waals surface area contributed by atoms with Crippen molar-refractivity contribution in [2.45, 2.75) is 51.0 Å². The predicted octanol–water partition coefficient (Wildman–Crippen LogP) is 1.77. The molecule has 0 bridgehead atoms. The van der Waals surface area contributed by atoms with Crippen LogP contribution in [0.4, 0.5) is 0 Å². The van der Waals surface area contributed by atoms with Crippen molar-refractivity contribution in [2.75, 3.05) is 6.54 Å². The summed E-state index contributed by atoms with van der Waals surface area (Å²) in [6.07, 6.45) is 9.89. The van der Waals surface area contributed by atoms with Crippen LogP contribution in [0.2, 0.25) is 0 Å². The average Bonchev–Trinajstić information content (AvgIpc) is 2.62. The van der Waals surface area contributed by atoms with E-state index >= 15 is 0 Å². The molecular weight excluding hydrogens is 193 g/mol. The predicted molar refractivity (Wildman–Crippen MR) is 72.4 cm³/mol. The summed E-state index contributed by atoms with van der Waals surface area (Å²) in [5, 5.41) is 3.85. The van der Waals surface area contributed by atoms with E-state index in [0.717, 1.165) is 12.0 Å². The Morgan fingerprint density at radius 3 is 2.88 bits per heavy atom. The summed E-state index contributed by atoms with van der Waals surface area (Å²) >= 11 is 0. The fraction of sp³-hybridized carbons (Fsp3) is 0.786. The molecule has 2 unspecified atom stereocenters. The van der Waals surface area contributed by atoms with Crippen molar-refractivity contribution in [2.24, 2.45) is 11.3 Å². The van der Waals surface area contributed by atoms with Crippen LogP contribution in [-0.2, 0) is 0 Å². The Balaban J connectivity index is 1.75. The van der Waals surface area contributed by atoms with Gasteiger partial charge < -0.3 is 5.32 Å². The van der Waals surface area contributed by atoms with Crippen LogP contribution in [0.25, 0.3) is 0 Å². The lowest BCUT2D eigenvalue weighted by atomic mass is 9.59. The second-order valence-corrected chi connectivity index (χ2v) is 5.70. The first-order chi connectivity index (χ1) is 7.70. The molecule has 2 heteroatoms. The fourth-order valence-electron chi connectivity index (χ4n) is 3.92. The molecule has 3 aliphatic rings. The second kappa shape index (κ2) is 3.84. The highest BCUT2D eigenvalue weighted by Gasteiger charge is 2.51. The highest BCUT2D eigenvalue weighted by molar-refractivity contribution is 6.18. The van der Waals surface area contributed by atoms with Gasteiger partial charge in [0.15, 0.2) is 7.85 Å². The zero-order chi connectivity index (χ0) is 11.2. The number of hydrogen-bond donors (Lipinski definition) is 1. The van der Waals surface area contributed by atoms with Gasteiger partial charge >= 0.3 is 0 Å². The molecule has 3 fully saturated rings. The molecule has 0 amide bonds. The molecule has 1 nitrogen and oxygen atoms in total. The largest absolute Gasteiger partial charge is 0.309 e. The maximum atomic E-state index is 4.17. The molecule has 1 aliphatic heterocycles. The zero-order valence-corrected chi connectivity index (χ0v) is 9.52. The fourth-order valence-corrected chi connectivity index (χ4v) is 3.92. The van der Waals surface area contributed by atoms with E-state index in [9.17, 15) is 0 Å². The van der Waals surface area contributed by atoms with Gasteiger partial charge in [0, 0.05) is 19.0 Å². The first-order valence-electron chi connectivity index (χ1n) is 6.41. The molecule has 0 aromatic heterocycles. The van der Waals surface area contributed by atoms with Crippen LogP contribution in [0.15, 0.2) is 12.2 Å². The van der Waals surface area contributed by atoms with Gasteiger partial charge in [-0.25, -0.2) is 0 Å². The number of rotatable bonds is 0. The third-order valence-corrected chi connectivity index (χ3v) is 4.94. The highest BCUT2D eigenvalue weighted by Crippen LogP contribution is 2.52. The lowest BCUT2D eigenvalue weighted by Gasteiger charge is -2.42. The summed E-state index contributed by atoms with van der Waals surface area (Å²) in [5.41, 5.74) is 2.18. The van der Waals surface area contributed by atoms with E-state index in [1.165, 1.54) is 57.1 Å². The number of hydrogen-bond acceptors (Lipinski definition) is 1. The van der Waals surface area contributed by atoms with Crippen molar-refractivity contribution in [1.29, 1.82) is 0 Å². The monoisotopic (exact) mass is 217 g/mol. The molecule has 1 N–H and O–H groups in total. The topological polar surface area (TPSA) is 12.0 Å². The minimum atomic E-state index is 0.512. The standard InChI is InChI=1S/C14H24BN/c1-10-4-6-14(7-5-10)9-16-13-8-11(15)2-3-12(13)14/h12-13,16H,1-9H2,15H3. The van der Waals surface area contributed by atoms with Crippen LogP contribution in [0.1, 0.15) is 44.9 Å². The van der Waals surface area contributed by atoms with Crippen LogP contribution < -0.4 is 5.32 Å². The van der Waals surface area contributed by atoms with Gasteiger partial charge in [-0.05, 0) is 43.4 Å². The minimum Gasteiger partial charge on any atom is -0.309 e. The van der Waals surface area contributed by atoms with Gasteiger partial charge in [0.1, 0.15) is 0 Å². The normalized spacial score (nSPS) is 37.8. The molecule has 16 heavy (non-hydrogen) atoms. The summed E-state index contributed by atoms with van der Waals surface area (Å²) in [5.74, 6) is 2.97. The first-order valence-corrected chi connectivity index (χ1v) is 6.41. The maximum Gasteiger partial charge on any atom is 0.158 e. The van der Waals surface area contributed by atoms with E-state index < -0.39 is 0 Å². The summed E-state index contributed by atoms with van der Waals surface area (Å²) in [6, 6.07) is 0.868. The zero-order valence-electron chi connectivity index (χ0n) is 9.52. The average molecular weight is 217 g/mol. The van der Waals surface area contributed by atoms with Crippen molar-refractivity contribution in [3.63, 3.8) is 0 Å². The number of fused-ring (bicyclic) bond motifs is 2. The van der Waals surface area contributed by atoms with Crippen LogP contribution in [0.5, 0.6) is 0 Å². The van der Waals surface area contributed by atoms with Gasteiger partial charge in [0.2, 0.25) is 0 Å². The van der Waals surface area contributed by atoms with Crippen molar-refractivity contribution in [1.82, 2.24) is 5.32 Å². The Labute approximate surface area is 100 Å². The van der Waals surface area contributed by atoms with E-state index in [1.54, 1.807) is 0 Å². The van der Waals surface area contributed by atoms with E-state index in [-0.39, 0.29) is 0 Å². The molecule has 3 rings (SSSR count). The Hall–Kier alpha value is -0.365. The Kier molecular flexibility index (Phi) is 2.58. The van der Waals surface area contributed by atoms with Crippen LogP contribution >= 0.6 is 0 Å². The molecule has 0 aromatic carbocycles. The molecule has 88 valence electrons. The molecule has 2 atom stereocenters. The molecule has 2 saturated carbocycles. The van der Waals surface area contributed by atoms with Crippen LogP contribution in [-0.4, -0.2) is 20.4 Å². The van der Waals surface area contributed by atoms with E-state index in [4.69, 9.17) is 0 Å². The maximum absolute atomic E-state index is 4.17. The van der Waals surface area contributed by atoms with Crippen molar-refractivity contribution < 1.29 is 0 Å². The Morgan fingerprint density at radius 1 is 1.38 bits per heavy atom. The molecule has 2 aliphatic carbocycles. The minimum absolute atomic E-state index is 0.512. The number of nitrogens with one attached hydrogen (secondary N) is 1. The smallest absolute Gasteiger partial charge is 0.158 e. The molecule has 0 aromatic rings. The van der Waals surface area contributed by atoms with Gasteiger partial charge in [-0.1, -0.05) is 12.2 Å². The van der Waals surface area contributed by atoms with Gasteiger partial charge in [-0.3, -0.25) is 0 Å². The quantitative estimate of drug-likeness (QED) is 0.370. The Morgan fingerprint density at radius 2 is 2.12 bits per heavy atom.